The number of hydrogen-bond acceptors (Lipinski definition) is 5. The lowest BCUT2D eigenvalue weighted by Gasteiger charge is -2.23. The second-order valence-electron chi connectivity index (χ2n) is 5.41. The normalized spacial score (nSPS) is 18.9. The van der Waals surface area contributed by atoms with Crippen molar-refractivity contribution in [3.63, 3.8) is 0 Å². The third-order valence-corrected chi connectivity index (χ3v) is 5.71. The molecule has 0 saturated carbocycles. The van der Waals surface area contributed by atoms with Gasteiger partial charge in [-0.15, -0.1) is 0 Å². The second-order valence-corrected chi connectivity index (χ2v) is 7.30. The van der Waals surface area contributed by atoms with Crippen molar-refractivity contribution in [3.05, 3.63) is 36.2 Å². The fraction of sp³-hybridized carbons (Fsp3) is 0.357. The van der Waals surface area contributed by atoms with E-state index in [4.69, 9.17) is 0 Å². The van der Waals surface area contributed by atoms with E-state index in [2.05, 4.69) is 20.5 Å². The summed E-state index contributed by atoms with van der Waals surface area (Å²) in [6, 6.07) is 5.87. The number of aryl methyl sites for hydroxylation is 1. The van der Waals surface area contributed by atoms with Gasteiger partial charge in [-0.25, -0.2) is 13.5 Å². The summed E-state index contributed by atoms with van der Waals surface area (Å²) < 4.78 is 26.8. The largest absolute Gasteiger partial charge is 0.294 e. The van der Waals surface area contributed by atoms with Crippen molar-refractivity contribution in [2.45, 2.75) is 30.7 Å². The van der Waals surface area contributed by atoms with Gasteiger partial charge in [0.15, 0.2) is 0 Å². The molecule has 23 heavy (non-hydrogen) atoms. The van der Waals surface area contributed by atoms with Gasteiger partial charge in [0.05, 0.1) is 4.90 Å². The van der Waals surface area contributed by atoms with Crippen molar-refractivity contribution in [2.24, 2.45) is 0 Å². The Morgan fingerprint density at radius 1 is 1.35 bits per heavy atom. The molecule has 122 valence electrons. The number of nitrogens with one attached hydrogen (secondary N) is 2. The predicted octanol–water partition coefficient (Wildman–Crippen LogP) is 0.905. The van der Waals surface area contributed by atoms with Crippen molar-refractivity contribution in [1.82, 2.24) is 19.5 Å². The molecule has 2 aromatic rings. The van der Waals surface area contributed by atoms with Crippen molar-refractivity contribution in [3.8, 4) is 0 Å². The number of carbonyl (C=O) groups is 1. The first-order chi connectivity index (χ1) is 11.0. The van der Waals surface area contributed by atoms with Gasteiger partial charge in [0.1, 0.15) is 12.4 Å². The van der Waals surface area contributed by atoms with Crippen LogP contribution in [0.4, 0.5) is 5.95 Å². The summed E-state index contributed by atoms with van der Waals surface area (Å²) in [6.45, 7) is 2.21. The van der Waals surface area contributed by atoms with E-state index in [1.807, 2.05) is 6.92 Å². The van der Waals surface area contributed by atoms with E-state index < -0.39 is 22.0 Å². The van der Waals surface area contributed by atoms with E-state index in [-0.39, 0.29) is 10.8 Å². The van der Waals surface area contributed by atoms with Crippen LogP contribution in [0.25, 0.3) is 0 Å². The fourth-order valence-electron chi connectivity index (χ4n) is 2.60. The molecule has 1 unspecified atom stereocenters. The molecule has 3 rings (SSSR count). The van der Waals surface area contributed by atoms with E-state index in [0.29, 0.717) is 19.4 Å². The molecule has 1 amide bonds. The van der Waals surface area contributed by atoms with E-state index in [0.717, 1.165) is 5.56 Å². The molecule has 2 heterocycles. The molecule has 0 spiro atoms. The van der Waals surface area contributed by atoms with Gasteiger partial charge in [-0.05, 0) is 31.9 Å². The Morgan fingerprint density at radius 3 is 2.74 bits per heavy atom. The van der Waals surface area contributed by atoms with Gasteiger partial charge in [0.25, 0.3) is 0 Å². The number of aromatic nitrogens is 3. The van der Waals surface area contributed by atoms with Crippen molar-refractivity contribution >= 4 is 21.9 Å². The summed E-state index contributed by atoms with van der Waals surface area (Å²) in [7, 11) is -3.70. The number of hydrogen-bond donors (Lipinski definition) is 2. The second kappa shape index (κ2) is 6.09. The van der Waals surface area contributed by atoms with Crippen LogP contribution in [0.5, 0.6) is 0 Å². The van der Waals surface area contributed by atoms with Crippen LogP contribution in [0.1, 0.15) is 18.4 Å². The summed E-state index contributed by atoms with van der Waals surface area (Å²) in [5, 5.41) is 8.72. The fourth-order valence-corrected chi connectivity index (χ4v) is 4.26. The average molecular weight is 335 g/mol. The van der Waals surface area contributed by atoms with Gasteiger partial charge in [0, 0.05) is 6.54 Å². The molecule has 1 fully saturated rings. The maximum Gasteiger partial charge on any atom is 0.245 e. The average Bonchev–Trinajstić information content (AvgIpc) is 3.19. The Balaban J connectivity index is 1.83. The van der Waals surface area contributed by atoms with Gasteiger partial charge in [-0.3, -0.25) is 10.1 Å². The monoisotopic (exact) mass is 335 g/mol. The first kappa shape index (κ1) is 15.6. The SMILES string of the molecule is Cc1ccc(S(=O)(=O)N2CCCC2C(=O)Nc2ncn[nH]2)cc1. The summed E-state index contributed by atoms with van der Waals surface area (Å²) in [6.07, 6.45) is 2.38. The zero-order chi connectivity index (χ0) is 16.4. The van der Waals surface area contributed by atoms with E-state index in [1.165, 1.54) is 10.6 Å². The summed E-state index contributed by atoms with van der Waals surface area (Å²) >= 11 is 0. The zero-order valence-electron chi connectivity index (χ0n) is 12.6. The van der Waals surface area contributed by atoms with Gasteiger partial charge in [-0.2, -0.15) is 14.4 Å². The molecule has 1 aromatic carbocycles. The summed E-state index contributed by atoms with van der Waals surface area (Å²) in [5.41, 5.74) is 0.977. The number of benzene rings is 1. The molecule has 8 nitrogen and oxygen atoms in total. The van der Waals surface area contributed by atoms with Crippen LogP contribution >= 0.6 is 0 Å². The molecule has 1 aliphatic rings. The number of H-pyrrole nitrogens is 1. The Bertz CT molecular complexity index is 786. The first-order valence-electron chi connectivity index (χ1n) is 7.23. The number of nitrogens with zero attached hydrogens (tertiary/aromatic N) is 3. The highest BCUT2D eigenvalue weighted by Gasteiger charge is 2.39. The highest BCUT2D eigenvalue weighted by atomic mass is 32.2. The van der Waals surface area contributed by atoms with Crippen LogP contribution in [0.15, 0.2) is 35.5 Å². The van der Waals surface area contributed by atoms with E-state index in [9.17, 15) is 13.2 Å². The topological polar surface area (TPSA) is 108 Å². The standard InChI is InChI=1S/C14H17N5O3S/c1-10-4-6-11(7-5-10)23(21,22)19-8-2-3-12(19)13(20)17-14-15-9-16-18-14/h4-7,9,12H,2-3,8H2,1H3,(H2,15,16,17,18,20). The predicted molar refractivity (Wildman–Crippen MR) is 83.1 cm³/mol. The highest BCUT2D eigenvalue weighted by molar-refractivity contribution is 7.89. The molecule has 0 bridgehead atoms. The van der Waals surface area contributed by atoms with Crippen LogP contribution in [-0.4, -0.2) is 46.4 Å². The first-order valence-corrected chi connectivity index (χ1v) is 8.67. The lowest BCUT2D eigenvalue weighted by Crippen LogP contribution is -2.43. The molecule has 2 N–H and O–H groups in total. The maximum atomic E-state index is 12.8. The highest BCUT2D eigenvalue weighted by Crippen LogP contribution is 2.26. The number of anilines is 1. The number of sulfonamides is 1. The molecule has 1 aliphatic heterocycles. The molecular weight excluding hydrogens is 318 g/mol. The zero-order valence-corrected chi connectivity index (χ0v) is 13.4. The van der Waals surface area contributed by atoms with Crippen molar-refractivity contribution in [1.29, 1.82) is 0 Å². The molecule has 0 aliphatic carbocycles. The molecule has 1 aromatic heterocycles. The smallest absolute Gasteiger partial charge is 0.245 e. The molecular formula is C14H17N5O3S. The number of amides is 1. The Labute approximate surface area is 134 Å². The third kappa shape index (κ3) is 3.10. The minimum Gasteiger partial charge on any atom is -0.294 e. The molecule has 9 heteroatoms. The van der Waals surface area contributed by atoms with Crippen molar-refractivity contribution < 1.29 is 13.2 Å². The van der Waals surface area contributed by atoms with Crippen LogP contribution in [0.3, 0.4) is 0 Å². The minimum absolute atomic E-state index is 0.197. The number of aromatic amines is 1. The Morgan fingerprint density at radius 2 is 2.09 bits per heavy atom. The number of rotatable bonds is 4. The van der Waals surface area contributed by atoms with E-state index in [1.54, 1.807) is 24.3 Å². The number of carbonyl (C=O) groups excluding carboxylic acids is 1. The Hall–Kier alpha value is -2.26. The minimum atomic E-state index is -3.70. The van der Waals surface area contributed by atoms with Gasteiger partial charge >= 0.3 is 0 Å². The van der Waals surface area contributed by atoms with Crippen LogP contribution in [-0.2, 0) is 14.8 Å². The lowest BCUT2D eigenvalue weighted by atomic mass is 10.2. The van der Waals surface area contributed by atoms with Crippen LogP contribution < -0.4 is 5.32 Å². The lowest BCUT2D eigenvalue weighted by molar-refractivity contribution is -0.119. The molecule has 1 atom stereocenters. The quantitative estimate of drug-likeness (QED) is 0.863. The summed E-state index contributed by atoms with van der Waals surface area (Å²) in [4.78, 5) is 16.4. The molecule has 0 radical (unpaired) electrons. The van der Waals surface area contributed by atoms with Gasteiger partial charge < -0.3 is 0 Å². The van der Waals surface area contributed by atoms with Gasteiger partial charge in [-0.1, -0.05) is 17.7 Å². The van der Waals surface area contributed by atoms with Crippen LogP contribution in [0.2, 0.25) is 0 Å². The van der Waals surface area contributed by atoms with E-state index >= 15 is 0 Å². The summed E-state index contributed by atoms with van der Waals surface area (Å²) in [5.74, 6) is -0.204. The van der Waals surface area contributed by atoms with Crippen molar-refractivity contribution in [2.75, 3.05) is 11.9 Å². The molecule has 1 saturated heterocycles. The van der Waals surface area contributed by atoms with Gasteiger partial charge in [0.2, 0.25) is 21.9 Å². The Kier molecular flexibility index (Phi) is 4.14. The third-order valence-electron chi connectivity index (χ3n) is 3.79. The maximum absolute atomic E-state index is 12.8. The van der Waals surface area contributed by atoms with Crippen LogP contribution in [0, 0.1) is 6.92 Å².